The summed E-state index contributed by atoms with van der Waals surface area (Å²) in [6.07, 6.45) is 10.8. The Kier molecular flexibility index (Phi) is 5.21. The molecule has 2 aromatic heterocycles. The number of pyridine rings is 1. The van der Waals surface area contributed by atoms with Gasteiger partial charge in [0.15, 0.2) is 0 Å². The normalized spacial score (nSPS) is 21.2. The smallest absolute Gasteiger partial charge is 0.125 e. The predicted octanol–water partition coefficient (Wildman–Crippen LogP) is 3.66. The van der Waals surface area contributed by atoms with Gasteiger partial charge in [0, 0.05) is 62.1 Å². The van der Waals surface area contributed by atoms with Gasteiger partial charge in [0.25, 0.3) is 0 Å². The highest BCUT2D eigenvalue weighted by atomic mass is 32.1. The van der Waals surface area contributed by atoms with Gasteiger partial charge in [0.1, 0.15) is 5.01 Å². The molecule has 0 unspecified atom stereocenters. The van der Waals surface area contributed by atoms with Crippen LogP contribution in [0.25, 0.3) is 10.6 Å². The maximum atomic E-state index is 4.81. The maximum absolute atomic E-state index is 4.81. The van der Waals surface area contributed by atoms with E-state index in [1.54, 1.807) is 11.3 Å². The summed E-state index contributed by atoms with van der Waals surface area (Å²) in [4.78, 5) is 14.3. The van der Waals surface area contributed by atoms with Crippen LogP contribution in [-0.4, -0.2) is 52.0 Å². The number of nitrogens with zero attached hydrogens (tertiary/aromatic N) is 4. The molecule has 0 bridgehead atoms. The molecule has 3 heterocycles. The van der Waals surface area contributed by atoms with Crippen molar-refractivity contribution < 1.29 is 0 Å². The topological polar surface area (TPSA) is 32.3 Å². The van der Waals surface area contributed by atoms with Gasteiger partial charge in [0.05, 0.1) is 5.69 Å². The van der Waals surface area contributed by atoms with E-state index in [1.165, 1.54) is 64.0 Å². The van der Waals surface area contributed by atoms with Crippen LogP contribution in [0.4, 0.5) is 0 Å². The number of rotatable bonds is 4. The van der Waals surface area contributed by atoms with E-state index >= 15 is 0 Å². The lowest BCUT2D eigenvalue weighted by Crippen LogP contribution is -2.50. The molecule has 5 heteroatoms. The van der Waals surface area contributed by atoms with Crippen LogP contribution in [0.2, 0.25) is 0 Å². The lowest BCUT2D eigenvalue weighted by molar-refractivity contribution is 0.0750. The first-order valence-electron chi connectivity index (χ1n) is 9.20. The van der Waals surface area contributed by atoms with Crippen LogP contribution in [0.5, 0.6) is 0 Å². The van der Waals surface area contributed by atoms with E-state index < -0.39 is 0 Å². The molecular weight excluding hydrogens is 316 g/mol. The minimum absolute atomic E-state index is 0.859. The Bertz CT molecular complexity index is 628. The molecule has 0 atom stereocenters. The van der Waals surface area contributed by atoms with Crippen molar-refractivity contribution in [3.8, 4) is 10.6 Å². The van der Waals surface area contributed by atoms with Gasteiger partial charge in [0.2, 0.25) is 0 Å². The zero-order valence-corrected chi connectivity index (χ0v) is 15.0. The van der Waals surface area contributed by atoms with Crippen molar-refractivity contribution in [2.45, 2.75) is 44.7 Å². The first-order chi connectivity index (χ1) is 11.9. The molecule has 4 rings (SSSR count). The zero-order chi connectivity index (χ0) is 16.2. The van der Waals surface area contributed by atoms with E-state index in [-0.39, 0.29) is 0 Å². The van der Waals surface area contributed by atoms with Crippen LogP contribution in [-0.2, 0) is 6.54 Å². The number of aromatic nitrogens is 2. The summed E-state index contributed by atoms with van der Waals surface area (Å²) in [5.74, 6) is 0. The molecule has 2 fully saturated rings. The number of hydrogen-bond donors (Lipinski definition) is 0. The molecule has 0 N–H and O–H groups in total. The fraction of sp³-hybridized carbons (Fsp3) is 0.579. The molecule has 4 nitrogen and oxygen atoms in total. The molecule has 2 aliphatic rings. The van der Waals surface area contributed by atoms with E-state index in [2.05, 4.69) is 26.2 Å². The third-order valence-electron chi connectivity index (χ3n) is 5.34. The third-order valence-corrected chi connectivity index (χ3v) is 6.28. The van der Waals surface area contributed by atoms with Gasteiger partial charge in [-0.3, -0.25) is 14.8 Å². The lowest BCUT2D eigenvalue weighted by atomic mass is 9.94. The summed E-state index contributed by atoms with van der Waals surface area (Å²) in [7, 11) is 0. The minimum atomic E-state index is 0.859. The largest absolute Gasteiger partial charge is 0.298 e. The lowest BCUT2D eigenvalue weighted by Gasteiger charge is -2.40. The summed E-state index contributed by atoms with van der Waals surface area (Å²) in [5.41, 5.74) is 2.32. The van der Waals surface area contributed by atoms with Crippen molar-refractivity contribution in [2.75, 3.05) is 26.2 Å². The van der Waals surface area contributed by atoms with Crippen LogP contribution in [0.15, 0.2) is 29.9 Å². The molecule has 1 aliphatic carbocycles. The van der Waals surface area contributed by atoms with Crippen molar-refractivity contribution in [1.29, 1.82) is 0 Å². The molecule has 1 aliphatic heterocycles. The molecular formula is C19H26N4S. The van der Waals surface area contributed by atoms with Crippen LogP contribution >= 0.6 is 11.3 Å². The Morgan fingerprint density at radius 2 is 1.92 bits per heavy atom. The summed E-state index contributed by atoms with van der Waals surface area (Å²) >= 11 is 1.73. The summed E-state index contributed by atoms with van der Waals surface area (Å²) in [6, 6.07) is 4.91. The zero-order valence-electron chi connectivity index (χ0n) is 14.2. The van der Waals surface area contributed by atoms with Crippen LogP contribution in [0.1, 0.15) is 37.8 Å². The molecule has 0 aromatic carbocycles. The maximum Gasteiger partial charge on any atom is 0.125 e. The molecule has 1 saturated carbocycles. The van der Waals surface area contributed by atoms with Gasteiger partial charge in [-0.05, 0) is 25.0 Å². The minimum Gasteiger partial charge on any atom is -0.298 e. The van der Waals surface area contributed by atoms with Gasteiger partial charge >= 0.3 is 0 Å². The number of thiazole rings is 1. The molecule has 0 radical (unpaired) electrons. The average Bonchev–Trinajstić information content (AvgIpc) is 3.12. The average molecular weight is 343 g/mol. The third kappa shape index (κ3) is 3.85. The van der Waals surface area contributed by atoms with Gasteiger partial charge in [-0.2, -0.15) is 0 Å². The van der Waals surface area contributed by atoms with E-state index in [4.69, 9.17) is 4.98 Å². The first-order valence-corrected chi connectivity index (χ1v) is 10.1. The quantitative estimate of drug-likeness (QED) is 0.849. The fourth-order valence-corrected chi connectivity index (χ4v) is 4.77. The molecule has 0 amide bonds. The van der Waals surface area contributed by atoms with Crippen molar-refractivity contribution in [3.05, 3.63) is 35.6 Å². The van der Waals surface area contributed by atoms with E-state index in [0.717, 1.165) is 23.2 Å². The number of hydrogen-bond acceptors (Lipinski definition) is 5. The van der Waals surface area contributed by atoms with Crippen molar-refractivity contribution >= 4 is 11.3 Å². The van der Waals surface area contributed by atoms with Crippen LogP contribution < -0.4 is 0 Å². The molecule has 24 heavy (non-hydrogen) atoms. The second kappa shape index (κ2) is 7.72. The standard InChI is InChI=1S/C19H26N4S/c1-2-6-18(7-3-1)23-11-9-22(10-12-23)14-17-15-24-19(21-17)16-5-4-8-20-13-16/h4-5,8,13,15,18H,1-3,6-7,9-12,14H2. The Morgan fingerprint density at radius 1 is 1.08 bits per heavy atom. The van der Waals surface area contributed by atoms with Crippen LogP contribution in [0, 0.1) is 0 Å². The van der Waals surface area contributed by atoms with E-state index in [0.29, 0.717) is 0 Å². The highest BCUT2D eigenvalue weighted by molar-refractivity contribution is 7.13. The SMILES string of the molecule is c1cncc(-c2nc(CN3CCN(C4CCCCC4)CC3)cs2)c1. The molecule has 128 valence electrons. The van der Waals surface area contributed by atoms with Gasteiger partial charge in [-0.1, -0.05) is 19.3 Å². The van der Waals surface area contributed by atoms with Gasteiger partial charge in [-0.25, -0.2) is 4.98 Å². The Hall–Kier alpha value is -1.30. The molecule has 0 spiro atoms. The highest BCUT2D eigenvalue weighted by Crippen LogP contribution is 2.25. The van der Waals surface area contributed by atoms with Crippen molar-refractivity contribution in [1.82, 2.24) is 19.8 Å². The van der Waals surface area contributed by atoms with E-state index in [9.17, 15) is 0 Å². The first kappa shape index (κ1) is 16.2. The Morgan fingerprint density at radius 3 is 2.67 bits per heavy atom. The highest BCUT2D eigenvalue weighted by Gasteiger charge is 2.25. The van der Waals surface area contributed by atoms with E-state index in [1.807, 2.05) is 18.5 Å². The molecule has 1 saturated heterocycles. The van der Waals surface area contributed by atoms with Gasteiger partial charge in [-0.15, -0.1) is 11.3 Å². The van der Waals surface area contributed by atoms with Gasteiger partial charge < -0.3 is 0 Å². The predicted molar refractivity (Wildman–Crippen MR) is 99.1 cm³/mol. The molecule has 2 aromatic rings. The fourth-order valence-electron chi connectivity index (χ4n) is 3.96. The summed E-state index contributed by atoms with van der Waals surface area (Å²) in [5, 5.41) is 3.29. The monoisotopic (exact) mass is 342 g/mol. The van der Waals surface area contributed by atoms with Crippen LogP contribution in [0.3, 0.4) is 0 Å². The van der Waals surface area contributed by atoms with Crippen molar-refractivity contribution in [3.63, 3.8) is 0 Å². The second-order valence-corrected chi connectivity index (χ2v) is 7.85. The number of piperazine rings is 1. The summed E-state index contributed by atoms with van der Waals surface area (Å²) in [6.45, 7) is 5.79. The Labute approximate surface area is 148 Å². The second-order valence-electron chi connectivity index (χ2n) is 6.99. The summed E-state index contributed by atoms with van der Waals surface area (Å²) < 4.78 is 0. The Balaban J connectivity index is 1.30. The van der Waals surface area contributed by atoms with Crippen molar-refractivity contribution in [2.24, 2.45) is 0 Å².